The summed E-state index contributed by atoms with van der Waals surface area (Å²) in [6.45, 7) is 2.58. The zero-order valence-corrected chi connectivity index (χ0v) is 14.2. The average molecular weight is 337 g/mol. The third-order valence-corrected chi connectivity index (χ3v) is 3.96. The number of benzene rings is 2. The lowest BCUT2D eigenvalue weighted by molar-refractivity contribution is 0.102. The summed E-state index contributed by atoms with van der Waals surface area (Å²) < 4.78 is 16.2. The molecule has 1 aromatic heterocycles. The first-order valence-electron chi connectivity index (χ1n) is 7.93. The molecule has 5 nitrogen and oxygen atoms in total. The minimum Gasteiger partial charge on any atom is -0.497 e. The number of aryl methyl sites for hydroxylation is 1. The van der Waals surface area contributed by atoms with Crippen LogP contribution >= 0.6 is 0 Å². The molecule has 3 aromatic rings. The molecule has 0 aliphatic carbocycles. The maximum absolute atomic E-state index is 11.3. The molecule has 0 amide bonds. The highest BCUT2D eigenvalue weighted by Gasteiger charge is 2.17. The lowest BCUT2D eigenvalue weighted by Crippen LogP contribution is -1.98. The molecule has 128 valence electrons. The highest BCUT2D eigenvalue weighted by atomic mass is 16.5. The molecule has 25 heavy (non-hydrogen) atoms. The Morgan fingerprint density at radius 2 is 1.84 bits per heavy atom. The number of nitrogens with zero attached hydrogens (tertiary/aromatic N) is 1. The molecule has 0 aliphatic rings. The Kier molecular flexibility index (Phi) is 5.26. The second-order valence-electron chi connectivity index (χ2n) is 5.61. The topological polar surface area (TPSA) is 61.6 Å². The fourth-order valence-corrected chi connectivity index (χ4v) is 2.68. The monoisotopic (exact) mass is 337 g/mol. The van der Waals surface area contributed by atoms with Gasteiger partial charge < -0.3 is 14.0 Å². The molecule has 0 aliphatic heterocycles. The maximum Gasteiger partial charge on any atom is 0.150 e. The summed E-state index contributed by atoms with van der Waals surface area (Å²) in [5, 5.41) is 4.09. The summed E-state index contributed by atoms with van der Waals surface area (Å²) in [5.41, 5.74) is 3.94. The first-order chi connectivity index (χ1) is 12.2. The van der Waals surface area contributed by atoms with E-state index in [0.717, 1.165) is 28.7 Å². The van der Waals surface area contributed by atoms with Crippen molar-refractivity contribution in [3.63, 3.8) is 0 Å². The van der Waals surface area contributed by atoms with Crippen molar-refractivity contribution in [2.45, 2.75) is 20.1 Å². The Hall–Kier alpha value is -2.92. The van der Waals surface area contributed by atoms with Gasteiger partial charge in [0, 0.05) is 5.56 Å². The average Bonchev–Trinajstić information content (AvgIpc) is 3.02. The van der Waals surface area contributed by atoms with Gasteiger partial charge >= 0.3 is 0 Å². The number of carbonyl (C=O) groups is 1. The Balaban J connectivity index is 1.74. The standard InChI is InChI=1S/C20H19NO4/c1-14-20(18-6-4-3-5-16(18)11-22)19(21-25-14)13-24-12-15-7-9-17(23-2)10-8-15/h3-11H,12-13H2,1-2H3. The molecule has 2 aromatic carbocycles. The first-order valence-corrected chi connectivity index (χ1v) is 7.93. The van der Waals surface area contributed by atoms with E-state index in [1.165, 1.54) is 0 Å². The van der Waals surface area contributed by atoms with Gasteiger partial charge in [-0.2, -0.15) is 0 Å². The van der Waals surface area contributed by atoms with Gasteiger partial charge in [0.2, 0.25) is 0 Å². The van der Waals surface area contributed by atoms with Crippen molar-refractivity contribution in [3.8, 4) is 16.9 Å². The Bertz CT molecular complexity index is 852. The minimum atomic E-state index is 0.298. The van der Waals surface area contributed by atoms with Gasteiger partial charge in [0.15, 0.2) is 6.29 Å². The molecule has 1 heterocycles. The van der Waals surface area contributed by atoms with E-state index in [0.29, 0.717) is 30.2 Å². The molecule has 3 rings (SSSR count). The van der Waals surface area contributed by atoms with Crippen LogP contribution in [0.1, 0.15) is 27.4 Å². The summed E-state index contributed by atoms with van der Waals surface area (Å²) in [4.78, 5) is 11.3. The molecule has 0 radical (unpaired) electrons. The van der Waals surface area contributed by atoms with E-state index in [1.54, 1.807) is 13.2 Å². The first kappa shape index (κ1) is 16.9. The summed E-state index contributed by atoms with van der Waals surface area (Å²) in [5.74, 6) is 1.47. The number of methoxy groups -OCH3 is 1. The van der Waals surface area contributed by atoms with E-state index < -0.39 is 0 Å². The van der Waals surface area contributed by atoms with Gasteiger partial charge in [-0.25, -0.2) is 0 Å². The fraction of sp³-hybridized carbons (Fsp3) is 0.200. The molecule has 0 atom stereocenters. The third-order valence-electron chi connectivity index (χ3n) is 3.96. The maximum atomic E-state index is 11.3. The molecule has 0 fully saturated rings. The fourth-order valence-electron chi connectivity index (χ4n) is 2.68. The van der Waals surface area contributed by atoms with Crippen LogP contribution in [0.15, 0.2) is 53.1 Å². The van der Waals surface area contributed by atoms with E-state index in [-0.39, 0.29) is 0 Å². The van der Waals surface area contributed by atoms with Crippen LogP contribution in [-0.2, 0) is 18.0 Å². The van der Waals surface area contributed by atoms with Crippen molar-refractivity contribution in [1.29, 1.82) is 0 Å². The van der Waals surface area contributed by atoms with E-state index in [4.69, 9.17) is 14.0 Å². The van der Waals surface area contributed by atoms with Crippen LogP contribution in [0.25, 0.3) is 11.1 Å². The molecule has 0 unspecified atom stereocenters. The second-order valence-corrected chi connectivity index (χ2v) is 5.61. The predicted molar refractivity (Wildman–Crippen MR) is 93.6 cm³/mol. The molecule has 0 saturated heterocycles. The number of hydrogen-bond acceptors (Lipinski definition) is 5. The number of hydrogen-bond donors (Lipinski definition) is 0. The number of aromatic nitrogens is 1. The van der Waals surface area contributed by atoms with Gasteiger partial charge in [0.25, 0.3) is 0 Å². The molecular formula is C20H19NO4. The molecular weight excluding hydrogens is 318 g/mol. The lowest BCUT2D eigenvalue weighted by atomic mass is 9.99. The summed E-state index contributed by atoms with van der Waals surface area (Å²) in [6, 6.07) is 15.1. The Labute approximate surface area is 146 Å². The van der Waals surface area contributed by atoms with Crippen LogP contribution in [0.2, 0.25) is 0 Å². The largest absolute Gasteiger partial charge is 0.497 e. The van der Waals surface area contributed by atoms with Crippen molar-refractivity contribution < 1.29 is 18.8 Å². The van der Waals surface area contributed by atoms with Crippen LogP contribution in [0.3, 0.4) is 0 Å². The van der Waals surface area contributed by atoms with Gasteiger partial charge in [0.1, 0.15) is 17.2 Å². The number of aldehydes is 1. The zero-order chi connectivity index (χ0) is 17.6. The smallest absolute Gasteiger partial charge is 0.150 e. The molecule has 0 N–H and O–H groups in total. The van der Waals surface area contributed by atoms with E-state index in [2.05, 4.69) is 5.16 Å². The molecule has 0 bridgehead atoms. The van der Waals surface area contributed by atoms with Gasteiger partial charge in [0.05, 0.1) is 25.9 Å². The number of rotatable bonds is 7. The highest BCUT2D eigenvalue weighted by molar-refractivity contribution is 5.88. The zero-order valence-electron chi connectivity index (χ0n) is 14.2. The van der Waals surface area contributed by atoms with Gasteiger partial charge in [-0.1, -0.05) is 41.6 Å². The Morgan fingerprint density at radius 1 is 1.08 bits per heavy atom. The van der Waals surface area contributed by atoms with Crippen LogP contribution in [0, 0.1) is 6.92 Å². The van der Waals surface area contributed by atoms with Crippen molar-refractivity contribution >= 4 is 6.29 Å². The molecule has 0 spiro atoms. The van der Waals surface area contributed by atoms with Crippen LogP contribution < -0.4 is 4.74 Å². The van der Waals surface area contributed by atoms with Crippen molar-refractivity contribution in [3.05, 3.63) is 71.1 Å². The highest BCUT2D eigenvalue weighted by Crippen LogP contribution is 2.30. The SMILES string of the molecule is COc1ccc(COCc2noc(C)c2-c2ccccc2C=O)cc1. The van der Waals surface area contributed by atoms with Crippen molar-refractivity contribution in [2.75, 3.05) is 7.11 Å². The quantitative estimate of drug-likeness (QED) is 0.605. The number of ether oxygens (including phenoxy) is 2. The summed E-state index contributed by atoms with van der Waals surface area (Å²) in [7, 11) is 1.64. The van der Waals surface area contributed by atoms with Gasteiger partial charge in [-0.3, -0.25) is 4.79 Å². The van der Waals surface area contributed by atoms with E-state index >= 15 is 0 Å². The van der Waals surface area contributed by atoms with Gasteiger partial charge in [-0.05, 0) is 30.2 Å². The van der Waals surface area contributed by atoms with Crippen LogP contribution in [-0.4, -0.2) is 18.6 Å². The lowest BCUT2D eigenvalue weighted by Gasteiger charge is -2.07. The summed E-state index contributed by atoms with van der Waals surface area (Å²) >= 11 is 0. The minimum absolute atomic E-state index is 0.298. The van der Waals surface area contributed by atoms with E-state index in [9.17, 15) is 4.79 Å². The second kappa shape index (κ2) is 7.77. The third kappa shape index (κ3) is 3.78. The molecule has 0 saturated carbocycles. The summed E-state index contributed by atoms with van der Waals surface area (Å²) in [6.07, 6.45) is 0.837. The Morgan fingerprint density at radius 3 is 2.56 bits per heavy atom. The van der Waals surface area contributed by atoms with Crippen LogP contribution in [0.5, 0.6) is 5.75 Å². The van der Waals surface area contributed by atoms with Gasteiger partial charge in [-0.15, -0.1) is 0 Å². The van der Waals surface area contributed by atoms with Crippen molar-refractivity contribution in [1.82, 2.24) is 5.16 Å². The predicted octanol–water partition coefficient (Wildman–Crippen LogP) is 4.19. The number of carbonyl (C=O) groups excluding carboxylic acids is 1. The van der Waals surface area contributed by atoms with E-state index in [1.807, 2.05) is 49.4 Å². The normalized spacial score (nSPS) is 10.6. The van der Waals surface area contributed by atoms with Crippen LogP contribution in [0.4, 0.5) is 0 Å². The molecule has 5 heteroatoms. The van der Waals surface area contributed by atoms with Crippen molar-refractivity contribution in [2.24, 2.45) is 0 Å².